The van der Waals surface area contributed by atoms with E-state index in [4.69, 9.17) is 5.73 Å². The van der Waals surface area contributed by atoms with Crippen molar-refractivity contribution < 1.29 is 4.79 Å². The molecule has 0 atom stereocenters. The Labute approximate surface area is 124 Å². The van der Waals surface area contributed by atoms with Gasteiger partial charge in [0.05, 0.1) is 11.4 Å². The first-order chi connectivity index (χ1) is 10.0. The Kier molecular flexibility index (Phi) is 4.33. The largest absolute Gasteiger partial charge is 0.397 e. The van der Waals surface area contributed by atoms with Gasteiger partial charge in [0.25, 0.3) is 5.91 Å². The number of nitrogens with one attached hydrogen (secondary N) is 2. The number of amides is 1. The summed E-state index contributed by atoms with van der Waals surface area (Å²) >= 11 is 0. The molecule has 2 rings (SSSR count). The molecule has 4 N–H and O–H groups in total. The number of nitrogens with two attached hydrogens (primary N) is 1. The molecule has 0 radical (unpaired) electrons. The minimum atomic E-state index is -0.149. The van der Waals surface area contributed by atoms with Gasteiger partial charge in [-0.3, -0.25) is 4.79 Å². The van der Waals surface area contributed by atoms with Crippen LogP contribution in [0.5, 0.6) is 0 Å². The predicted molar refractivity (Wildman–Crippen MR) is 88.3 cm³/mol. The highest BCUT2D eigenvalue weighted by Gasteiger charge is 2.06. The molecule has 2 aromatic carbocycles. The van der Waals surface area contributed by atoms with Crippen molar-refractivity contribution >= 4 is 28.7 Å². The van der Waals surface area contributed by atoms with E-state index in [2.05, 4.69) is 10.6 Å². The molecule has 0 aliphatic heterocycles. The summed E-state index contributed by atoms with van der Waals surface area (Å²) in [5.74, 6) is -0.149. The van der Waals surface area contributed by atoms with Gasteiger partial charge in [-0.25, -0.2) is 0 Å². The number of rotatable bonds is 4. The van der Waals surface area contributed by atoms with E-state index in [-0.39, 0.29) is 5.91 Å². The first-order valence-corrected chi connectivity index (χ1v) is 6.67. The van der Waals surface area contributed by atoms with E-state index in [1.807, 2.05) is 43.3 Å². The molecule has 5 nitrogen and oxygen atoms in total. The molecule has 0 spiro atoms. The highest BCUT2D eigenvalue weighted by atomic mass is 16.1. The van der Waals surface area contributed by atoms with Crippen molar-refractivity contribution in [2.24, 2.45) is 0 Å². The molecule has 21 heavy (non-hydrogen) atoms. The van der Waals surface area contributed by atoms with Crippen LogP contribution in [0.4, 0.5) is 22.7 Å². The summed E-state index contributed by atoms with van der Waals surface area (Å²) in [7, 11) is 5.59. The topological polar surface area (TPSA) is 70.4 Å². The second-order valence-electron chi connectivity index (χ2n) is 4.95. The fourth-order valence-electron chi connectivity index (χ4n) is 1.96. The van der Waals surface area contributed by atoms with Crippen molar-refractivity contribution in [3.63, 3.8) is 0 Å². The average Bonchev–Trinajstić information content (AvgIpc) is 2.49. The molecule has 0 saturated heterocycles. The van der Waals surface area contributed by atoms with E-state index >= 15 is 0 Å². The molecule has 0 saturated carbocycles. The molecular formula is C16H20N4O. The maximum Gasteiger partial charge on any atom is 0.251 e. The van der Waals surface area contributed by atoms with Crippen LogP contribution in [0.1, 0.15) is 10.4 Å². The normalized spacial score (nSPS) is 10.0. The third-order valence-corrected chi connectivity index (χ3v) is 3.20. The van der Waals surface area contributed by atoms with E-state index in [1.54, 1.807) is 25.2 Å². The molecule has 110 valence electrons. The summed E-state index contributed by atoms with van der Waals surface area (Å²) in [5, 5.41) is 5.82. The van der Waals surface area contributed by atoms with Crippen LogP contribution < -0.4 is 21.3 Å². The fourth-order valence-corrected chi connectivity index (χ4v) is 1.96. The van der Waals surface area contributed by atoms with Crippen molar-refractivity contribution in [1.29, 1.82) is 0 Å². The number of carbonyl (C=O) groups excluding carboxylic acids is 1. The van der Waals surface area contributed by atoms with Crippen LogP contribution in [0.15, 0.2) is 42.5 Å². The molecule has 0 aromatic heterocycles. The van der Waals surface area contributed by atoms with Crippen LogP contribution in [0.2, 0.25) is 0 Å². The number of nitrogens with zero attached hydrogens (tertiary/aromatic N) is 1. The van der Waals surface area contributed by atoms with Gasteiger partial charge < -0.3 is 21.3 Å². The Hall–Kier alpha value is -2.69. The van der Waals surface area contributed by atoms with Crippen molar-refractivity contribution in [3.05, 3.63) is 48.0 Å². The third-order valence-electron chi connectivity index (χ3n) is 3.20. The Morgan fingerprint density at radius 1 is 1.10 bits per heavy atom. The number of nitrogen functional groups attached to an aromatic ring is 1. The molecule has 0 fully saturated rings. The average molecular weight is 284 g/mol. The highest BCUT2D eigenvalue weighted by molar-refractivity contribution is 5.96. The smallest absolute Gasteiger partial charge is 0.251 e. The van der Waals surface area contributed by atoms with E-state index < -0.39 is 0 Å². The lowest BCUT2D eigenvalue weighted by Gasteiger charge is -2.14. The van der Waals surface area contributed by atoms with Crippen LogP contribution in [0.25, 0.3) is 0 Å². The summed E-state index contributed by atoms with van der Waals surface area (Å²) in [6.07, 6.45) is 0. The summed E-state index contributed by atoms with van der Waals surface area (Å²) in [6.45, 7) is 0. The predicted octanol–water partition coefficient (Wildman–Crippen LogP) is 2.44. The van der Waals surface area contributed by atoms with E-state index in [0.717, 1.165) is 17.1 Å². The zero-order valence-corrected chi connectivity index (χ0v) is 12.5. The second kappa shape index (κ2) is 6.17. The SMILES string of the molecule is CNC(=O)c1ccc(Nc2ccc(N(C)C)cc2)c(N)c1. The highest BCUT2D eigenvalue weighted by Crippen LogP contribution is 2.25. The molecule has 0 unspecified atom stereocenters. The third kappa shape index (κ3) is 3.45. The molecule has 0 heterocycles. The van der Waals surface area contributed by atoms with E-state index in [1.165, 1.54) is 0 Å². The summed E-state index contributed by atoms with van der Waals surface area (Å²) < 4.78 is 0. The monoisotopic (exact) mass is 284 g/mol. The van der Waals surface area contributed by atoms with Crippen LogP contribution in [0, 0.1) is 0 Å². The van der Waals surface area contributed by atoms with E-state index in [9.17, 15) is 4.79 Å². The molecule has 5 heteroatoms. The minimum Gasteiger partial charge on any atom is -0.397 e. The van der Waals surface area contributed by atoms with Crippen LogP contribution >= 0.6 is 0 Å². The van der Waals surface area contributed by atoms with Gasteiger partial charge in [0.15, 0.2) is 0 Å². The molecule has 0 aliphatic rings. The van der Waals surface area contributed by atoms with Gasteiger partial charge in [-0.2, -0.15) is 0 Å². The van der Waals surface area contributed by atoms with Gasteiger partial charge in [0.1, 0.15) is 0 Å². The fraction of sp³-hybridized carbons (Fsp3) is 0.188. The first-order valence-electron chi connectivity index (χ1n) is 6.67. The Bertz CT molecular complexity index is 635. The number of benzene rings is 2. The molecular weight excluding hydrogens is 264 g/mol. The molecule has 1 amide bonds. The number of hydrogen-bond acceptors (Lipinski definition) is 4. The molecule has 0 bridgehead atoms. The van der Waals surface area contributed by atoms with Gasteiger partial charge >= 0.3 is 0 Å². The van der Waals surface area contributed by atoms with Crippen molar-refractivity contribution in [2.75, 3.05) is 37.1 Å². The van der Waals surface area contributed by atoms with Gasteiger partial charge in [0.2, 0.25) is 0 Å². The minimum absolute atomic E-state index is 0.149. The van der Waals surface area contributed by atoms with Gasteiger partial charge in [-0.1, -0.05) is 0 Å². The zero-order chi connectivity index (χ0) is 15.4. The first kappa shape index (κ1) is 14.7. The standard InChI is InChI=1S/C16H20N4O/c1-18-16(21)11-4-9-15(14(17)10-11)19-12-5-7-13(8-6-12)20(2)3/h4-10,19H,17H2,1-3H3,(H,18,21). The van der Waals surface area contributed by atoms with E-state index in [0.29, 0.717) is 11.3 Å². The lowest BCUT2D eigenvalue weighted by Crippen LogP contribution is -2.17. The lowest BCUT2D eigenvalue weighted by molar-refractivity contribution is 0.0963. The summed E-state index contributed by atoms with van der Waals surface area (Å²) in [6, 6.07) is 13.2. The molecule has 0 aliphatic carbocycles. The van der Waals surface area contributed by atoms with Gasteiger partial charge in [-0.15, -0.1) is 0 Å². The number of hydrogen-bond donors (Lipinski definition) is 3. The van der Waals surface area contributed by atoms with Crippen molar-refractivity contribution in [1.82, 2.24) is 5.32 Å². The van der Waals surface area contributed by atoms with Crippen LogP contribution in [-0.4, -0.2) is 27.1 Å². The van der Waals surface area contributed by atoms with Crippen molar-refractivity contribution in [2.45, 2.75) is 0 Å². The van der Waals surface area contributed by atoms with Gasteiger partial charge in [-0.05, 0) is 42.5 Å². The summed E-state index contributed by atoms with van der Waals surface area (Å²) in [4.78, 5) is 13.6. The zero-order valence-electron chi connectivity index (χ0n) is 12.5. The summed E-state index contributed by atoms with van der Waals surface area (Å²) in [5.41, 5.74) is 9.92. The Balaban J connectivity index is 2.18. The second-order valence-corrected chi connectivity index (χ2v) is 4.95. The Morgan fingerprint density at radius 3 is 2.29 bits per heavy atom. The Morgan fingerprint density at radius 2 is 1.76 bits per heavy atom. The number of carbonyl (C=O) groups is 1. The maximum absolute atomic E-state index is 11.5. The van der Waals surface area contributed by atoms with Gasteiger partial charge in [0, 0.05) is 38.1 Å². The van der Waals surface area contributed by atoms with Crippen molar-refractivity contribution in [3.8, 4) is 0 Å². The maximum atomic E-state index is 11.5. The molecule has 2 aromatic rings. The van der Waals surface area contributed by atoms with Crippen LogP contribution in [0.3, 0.4) is 0 Å². The number of anilines is 4. The lowest BCUT2D eigenvalue weighted by atomic mass is 10.1. The van der Waals surface area contributed by atoms with Crippen LogP contribution in [-0.2, 0) is 0 Å². The quantitative estimate of drug-likeness (QED) is 0.754.